The van der Waals surface area contributed by atoms with Crippen LogP contribution in [0.25, 0.3) is 10.8 Å². The molecule has 1 fully saturated rings. The van der Waals surface area contributed by atoms with Crippen LogP contribution in [0.3, 0.4) is 0 Å². The maximum Gasteiger partial charge on any atom is 0.243 e. The highest BCUT2D eigenvalue weighted by atomic mass is 32.2. The van der Waals surface area contributed by atoms with Gasteiger partial charge in [-0.2, -0.15) is 5.10 Å². The molecule has 1 amide bonds. The summed E-state index contributed by atoms with van der Waals surface area (Å²) >= 11 is 2.83. The molecule has 172 valence electrons. The molecule has 0 aromatic heterocycles. The lowest BCUT2D eigenvalue weighted by Crippen LogP contribution is -2.51. The number of amides is 1. The number of fused-ring (bicyclic) bond motifs is 1. The first-order valence-corrected chi connectivity index (χ1v) is 13.1. The Morgan fingerprint density at radius 3 is 2.34 bits per heavy atom. The van der Waals surface area contributed by atoms with Gasteiger partial charge in [-0.3, -0.25) is 14.5 Å². The molecule has 0 bridgehead atoms. The molecule has 0 unspecified atom stereocenters. The minimum atomic E-state index is -0.921. The number of thioether (sulfide) groups is 2. The third-order valence-corrected chi connectivity index (χ3v) is 8.91. The zero-order valence-corrected chi connectivity index (χ0v) is 20.6. The molecule has 7 heteroatoms. The maximum atomic E-state index is 13.7. The number of anilines is 2. The number of rotatable bonds is 4. The summed E-state index contributed by atoms with van der Waals surface area (Å²) in [6, 6.07) is 31.3. The molecule has 2 aliphatic rings. The summed E-state index contributed by atoms with van der Waals surface area (Å²) in [5, 5.41) is 9.11. The summed E-state index contributed by atoms with van der Waals surface area (Å²) < 4.78 is -0.921. The predicted molar refractivity (Wildman–Crippen MR) is 146 cm³/mol. The number of ketones is 1. The van der Waals surface area contributed by atoms with E-state index in [0.29, 0.717) is 16.4 Å². The SMILES string of the molecule is Cc1ccc(N2N=C(C(=O)c3ccc4ccccc4c3)S[C@@]23SCC(=O)N3c2ccccc2)cc1. The minimum Gasteiger partial charge on any atom is -0.286 e. The Kier molecular flexibility index (Phi) is 5.39. The quantitative estimate of drug-likeness (QED) is 0.312. The second kappa shape index (κ2) is 8.59. The van der Waals surface area contributed by atoms with Crippen LogP contribution in [-0.4, -0.2) is 26.8 Å². The fourth-order valence-corrected chi connectivity index (χ4v) is 7.16. The van der Waals surface area contributed by atoms with Gasteiger partial charge in [0.2, 0.25) is 16.0 Å². The Bertz CT molecular complexity index is 1490. The number of aryl methyl sites for hydroxylation is 1. The molecule has 2 heterocycles. The fraction of sp³-hybridized carbons (Fsp3) is 0.107. The van der Waals surface area contributed by atoms with Crippen molar-refractivity contribution in [3.8, 4) is 0 Å². The first-order chi connectivity index (χ1) is 17.0. The van der Waals surface area contributed by atoms with E-state index in [1.54, 1.807) is 4.90 Å². The number of hydrogen-bond acceptors (Lipinski definition) is 6. The van der Waals surface area contributed by atoms with Crippen LogP contribution in [0.1, 0.15) is 15.9 Å². The first kappa shape index (κ1) is 21.9. The number of carbonyl (C=O) groups is 2. The van der Waals surface area contributed by atoms with Gasteiger partial charge in [0.25, 0.3) is 0 Å². The molecule has 2 aliphatic heterocycles. The van der Waals surface area contributed by atoms with Crippen LogP contribution < -0.4 is 9.91 Å². The van der Waals surface area contributed by atoms with Gasteiger partial charge < -0.3 is 0 Å². The smallest absolute Gasteiger partial charge is 0.243 e. The Morgan fingerprint density at radius 2 is 1.57 bits per heavy atom. The summed E-state index contributed by atoms with van der Waals surface area (Å²) in [5.74, 6) is 0.139. The molecule has 1 atom stereocenters. The van der Waals surface area contributed by atoms with Crippen LogP contribution in [0.5, 0.6) is 0 Å². The number of carbonyl (C=O) groups excluding carboxylic acids is 2. The highest BCUT2D eigenvalue weighted by Gasteiger charge is 2.58. The van der Waals surface area contributed by atoms with Crippen molar-refractivity contribution in [2.75, 3.05) is 15.7 Å². The summed E-state index contributed by atoms with van der Waals surface area (Å²) in [6.07, 6.45) is 0. The van der Waals surface area contributed by atoms with Gasteiger partial charge in [-0.1, -0.05) is 84.1 Å². The van der Waals surface area contributed by atoms with E-state index in [1.807, 2.05) is 109 Å². The van der Waals surface area contributed by atoms with Gasteiger partial charge >= 0.3 is 0 Å². The van der Waals surface area contributed by atoms with Gasteiger partial charge in [0.15, 0.2) is 5.04 Å². The molecule has 0 saturated carbocycles. The largest absolute Gasteiger partial charge is 0.286 e. The van der Waals surface area contributed by atoms with E-state index in [0.717, 1.165) is 27.7 Å². The highest BCUT2D eigenvalue weighted by Crippen LogP contribution is 2.55. The minimum absolute atomic E-state index is 0.0135. The third-order valence-electron chi connectivity index (χ3n) is 6.10. The van der Waals surface area contributed by atoms with Gasteiger partial charge in [0.1, 0.15) is 0 Å². The number of para-hydroxylation sites is 1. The molecule has 0 aliphatic carbocycles. The Balaban J connectivity index is 1.45. The lowest BCUT2D eigenvalue weighted by molar-refractivity contribution is -0.115. The third kappa shape index (κ3) is 3.72. The molecule has 0 N–H and O–H groups in total. The van der Waals surface area contributed by atoms with Crippen molar-refractivity contribution in [2.45, 2.75) is 11.3 Å². The fourth-order valence-electron chi connectivity index (χ4n) is 4.35. The monoisotopic (exact) mass is 495 g/mol. The molecule has 4 aromatic carbocycles. The van der Waals surface area contributed by atoms with Crippen molar-refractivity contribution in [2.24, 2.45) is 5.10 Å². The Labute approximate surface area is 211 Å². The van der Waals surface area contributed by atoms with Gasteiger partial charge in [-0.15, -0.1) is 0 Å². The van der Waals surface area contributed by atoms with Crippen molar-refractivity contribution in [3.05, 3.63) is 108 Å². The Hall–Kier alpha value is -3.55. The van der Waals surface area contributed by atoms with Crippen molar-refractivity contribution < 1.29 is 9.59 Å². The van der Waals surface area contributed by atoms with E-state index in [2.05, 4.69) is 0 Å². The van der Waals surface area contributed by atoms with Crippen LogP contribution >= 0.6 is 23.5 Å². The summed E-state index contributed by atoms with van der Waals surface area (Å²) in [6.45, 7) is 2.03. The van der Waals surface area contributed by atoms with Crippen LogP contribution in [0.15, 0.2) is 102 Å². The van der Waals surface area contributed by atoms with Gasteiger partial charge in [0.05, 0.1) is 11.4 Å². The van der Waals surface area contributed by atoms with E-state index in [9.17, 15) is 9.59 Å². The summed E-state index contributed by atoms with van der Waals surface area (Å²) in [7, 11) is 0. The number of Topliss-reactive ketones (excluding diaryl/α,β-unsaturated/α-hetero) is 1. The van der Waals surface area contributed by atoms with Gasteiger partial charge in [-0.05, 0) is 59.8 Å². The number of hydrogen-bond donors (Lipinski definition) is 0. The van der Waals surface area contributed by atoms with Crippen molar-refractivity contribution in [1.82, 2.24) is 0 Å². The highest BCUT2D eigenvalue weighted by molar-refractivity contribution is 8.28. The van der Waals surface area contributed by atoms with Crippen LogP contribution in [-0.2, 0) is 4.79 Å². The van der Waals surface area contributed by atoms with Gasteiger partial charge in [0, 0.05) is 11.3 Å². The molecule has 1 spiro atoms. The van der Waals surface area contributed by atoms with Gasteiger partial charge in [-0.25, -0.2) is 5.01 Å². The normalized spacial score (nSPS) is 19.6. The standard InChI is InChI=1S/C28H21N3O2S2/c1-19-11-15-24(16-12-19)31-28(30(25(32)18-34-28)23-9-3-2-4-10-23)35-27(29-31)26(33)22-14-13-20-7-5-6-8-21(20)17-22/h2-17H,18H2,1H3/t28-/m1/s1. The van der Waals surface area contributed by atoms with E-state index in [4.69, 9.17) is 5.10 Å². The zero-order chi connectivity index (χ0) is 24.0. The molecular weight excluding hydrogens is 474 g/mol. The molecule has 0 radical (unpaired) electrons. The number of hydrazone groups is 1. The molecular formula is C28H21N3O2S2. The van der Waals surface area contributed by atoms with Crippen molar-refractivity contribution >= 4 is 62.4 Å². The first-order valence-electron chi connectivity index (χ1n) is 11.3. The molecule has 5 nitrogen and oxygen atoms in total. The second-order valence-corrected chi connectivity index (χ2v) is 11.0. The van der Waals surface area contributed by atoms with Crippen LogP contribution in [0.2, 0.25) is 0 Å². The zero-order valence-electron chi connectivity index (χ0n) is 18.9. The average molecular weight is 496 g/mol. The molecule has 4 aromatic rings. The van der Waals surface area contributed by atoms with Crippen LogP contribution in [0.4, 0.5) is 11.4 Å². The predicted octanol–water partition coefficient (Wildman–Crippen LogP) is 6.29. The lowest BCUT2D eigenvalue weighted by Gasteiger charge is -2.39. The molecule has 35 heavy (non-hydrogen) atoms. The Morgan fingerprint density at radius 1 is 0.857 bits per heavy atom. The van der Waals surface area contributed by atoms with Crippen molar-refractivity contribution in [1.29, 1.82) is 0 Å². The average Bonchev–Trinajstić information content (AvgIpc) is 3.44. The van der Waals surface area contributed by atoms with E-state index < -0.39 is 4.33 Å². The number of nitrogens with zero attached hydrogens (tertiary/aromatic N) is 3. The van der Waals surface area contributed by atoms with E-state index in [1.165, 1.54) is 23.5 Å². The van der Waals surface area contributed by atoms with E-state index in [-0.39, 0.29) is 11.7 Å². The molecule has 6 rings (SSSR count). The second-order valence-electron chi connectivity index (χ2n) is 8.45. The maximum absolute atomic E-state index is 13.7. The van der Waals surface area contributed by atoms with Crippen LogP contribution in [0, 0.1) is 6.92 Å². The summed E-state index contributed by atoms with van der Waals surface area (Å²) in [5.41, 5.74) is 3.31. The lowest BCUT2D eigenvalue weighted by atomic mass is 10.0. The van der Waals surface area contributed by atoms with E-state index >= 15 is 0 Å². The number of benzene rings is 4. The topological polar surface area (TPSA) is 53.0 Å². The molecule has 1 saturated heterocycles. The summed E-state index contributed by atoms with van der Waals surface area (Å²) in [4.78, 5) is 28.7. The van der Waals surface area contributed by atoms with Crippen molar-refractivity contribution in [3.63, 3.8) is 0 Å².